The van der Waals surface area contributed by atoms with Gasteiger partial charge in [0.05, 0.1) is 18.0 Å². The first-order valence-corrected chi connectivity index (χ1v) is 8.84. The maximum atomic E-state index is 9.28. The van der Waals surface area contributed by atoms with Crippen molar-refractivity contribution in [3.63, 3.8) is 0 Å². The largest absolute Gasteiger partial charge is 0.306 e. The average molecular weight is 350 g/mol. The average Bonchev–Trinajstić information content (AvgIpc) is 3.28. The predicted molar refractivity (Wildman–Crippen MR) is 105 cm³/mol. The van der Waals surface area contributed by atoms with Crippen molar-refractivity contribution in [3.05, 3.63) is 102 Å². The quantitative estimate of drug-likeness (QED) is 0.529. The van der Waals surface area contributed by atoms with Gasteiger partial charge in [-0.15, -0.1) is 0 Å². The topological polar surface area (TPSA) is 54.5 Å². The van der Waals surface area contributed by atoms with Crippen LogP contribution in [0.2, 0.25) is 0 Å². The highest BCUT2D eigenvalue weighted by molar-refractivity contribution is 5.69. The number of pyridine rings is 1. The number of aryl methyl sites for hydroxylation is 2. The van der Waals surface area contributed by atoms with Crippen LogP contribution in [-0.4, -0.2) is 14.5 Å². The molecule has 0 spiro atoms. The van der Waals surface area contributed by atoms with Gasteiger partial charge >= 0.3 is 0 Å². The number of hydrogen-bond donors (Lipinski definition) is 0. The molecule has 0 amide bonds. The van der Waals surface area contributed by atoms with E-state index in [9.17, 15) is 5.26 Å². The molecule has 2 aromatic heterocycles. The maximum absolute atomic E-state index is 9.28. The molecule has 0 atom stereocenters. The van der Waals surface area contributed by atoms with Crippen molar-refractivity contribution in [2.45, 2.75) is 12.8 Å². The van der Waals surface area contributed by atoms with Gasteiger partial charge in [-0.25, -0.2) is 4.98 Å². The normalized spacial score (nSPS) is 10.5. The van der Waals surface area contributed by atoms with Gasteiger partial charge in [0.15, 0.2) is 0 Å². The second-order valence-electron chi connectivity index (χ2n) is 6.36. The van der Waals surface area contributed by atoms with E-state index in [0.29, 0.717) is 5.56 Å². The first-order valence-electron chi connectivity index (χ1n) is 8.84. The summed E-state index contributed by atoms with van der Waals surface area (Å²) in [6.45, 7) is 0. The Balaban J connectivity index is 1.64. The smallest absolute Gasteiger partial charge is 0.0991 e. The van der Waals surface area contributed by atoms with Crippen LogP contribution in [0.1, 0.15) is 16.7 Å². The van der Waals surface area contributed by atoms with E-state index in [2.05, 4.69) is 46.4 Å². The number of nitrogens with zero attached hydrogens (tertiary/aromatic N) is 4. The van der Waals surface area contributed by atoms with Crippen LogP contribution in [0.5, 0.6) is 0 Å². The van der Waals surface area contributed by atoms with Crippen LogP contribution in [0.3, 0.4) is 0 Å². The fourth-order valence-corrected chi connectivity index (χ4v) is 3.20. The van der Waals surface area contributed by atoms with Crippen molar-refractivity contribution in [3.8, 4) is 22.9 Å². The molecule has 2 heterocycles. The first-order chi connectivity index (χ1) is 13.3. The highest BCUT2D eigenvalue weighted by atomic mass is 15.0. The summed E-state index contributed by atoms with van der Waals surface area (Å²) in [5, 5.41) is 9.28. The molecule has 0 saturated carbocycles. The molecule has 0 fully saturated rings. The van der Waals surface area contributed by atoms with Gasteiger partial charge < -0.3 is 4.57 Å². The Labute approximate surface area is 158 Å². The molecule has 0 aliphatic carbocycles. The molecule has 130 valence electrons. The van der Waals surface area contributed by atoms with Crippen LogP contribution in [0.4, 0.5) is 0 Å². The van der Waals surface area contributed by atoms with Gasteiger partial charge in [0.25, 0.3) is 0 Å². The zero-order chi connectivity index (χ0) is 18.5. The minimum absolute atomic E-state index is 0.690. The number of benzene rings is 2. The summed E-state index contributed by atoms with van der Waals surface area (Å²) in [7, 11) is 0. The molecule has 0 aliphatic rings. The molecule has 27 heavy (non-hydrogen) atoms. The lowest BCUT2D eigenvalue weighted by atomic mass is 9.93. The van der Waals surface area contributed by atoms with Gasteiger partial charge in [0.1, 0.15) is 0 Å². The van der Waals surface area contributed by atoms with Gasteiger partial charge in [0, 0.05) is 30.5 Å². The zero-order valence-corrected chi connectivity index (χ0v) is 14.8. The molecule has 0 unspecified atom stereocenters. The fourth-order valence-electron chi connectivity index (χ4n) is 3.20. The Kier molecular flexibility index (Phi) is 4.76. The first kappa shape index (κ1) is 16.7. The lowest BCUT2D eigenvalue weighted by Gasteiger charge is -2.12. The molecule has 4 nitrogen and oxygen atoms in total. The van der Waals surface area contributed by atoms with Gasteiger partial charge in [-0.05, 0) is 65.4 Å². The van der Waals surface area contributed by atoms with Gasteiger partial charge in [-0.2, -0.15) is 5.26 Å². The summed E-state index contributed by atoms with van der Waals surface area (Å²) in [6.07, 6.45) is 10.9. The zero-order valence-electron chi connectivity index (χ0n) is 14.8. The van der Waals surface area contributed by atoms with Crippen LogP contribution in [0.25, 0.3) is 16.8 Å². The SMILES string of the molecule is N#Cc1ccc(-c2ccc(-n3ccnc3)cc2)c(CCc2cccnc2)c1. The van der Waals surface area contributed by atoms with Crippen LogP contribution in [0.15, 0.2) is 85.7 Å². The predicted octanol–water partition coefficient (Wildman–Crippen LogP) is 4.59. The summed E-state index contributed by atoms with van der Waals surface area (Å²) in [4.78, 5) is 8.28. The van der Waals surface area contributed by atoms with E-state index in [1.807, 2.05) is 41.2 Å². The van der Waals surface area contributed by atoms with E-state index in [1.165, 1.54) is 11.1 Å². The van der Waals surface area contributed by atoms with Crippen LogP contribution in [0, 0.1) is 11.3 Å². The monoisotopic (exact) mass is 350 g/mol. The van der Waals surface area contributed by atoms with Crippen molar-refractivity contribution >= 4 is 0 Å². The molecule has 0 N–H and O–H groups in total. The lowest BCUT2D eigenvalue weighted by Crippen LogP contribution is -1.96. The Morgan fingerprint density at radius 2 is 1.81 bits per heavy atom. The highest BCUT2D eigenvalue weighted by Gasteiger charge is 2.08. The third-order valence-electron chi connectivity index (χ3n) is 4.62. The molecule has 4 heteroatoms. The number of rotatable bonds is 5. The Morgan fingerprint density at radius 3 is 2.52 bits per heavy atom. The van der Waals surface area contributed by atoms with E-state index in [1.54, 1.807) is 18.7 Å². The number of imidazole rings is 1. The molecule has 4 aromatic rings. The van der Waals surface area contributed by atoms with Crippen molar-refractivity contribution in [2.24, 2.45) is 0 Å². The number of hydrogen-bond acceptors (Lipinski definition) is 3. The molecular weight excluding hydrogens is 332 g/mol. The Hall–Kier alpha value is -3.71. The number of aromatic nitrogens is 3. The van der Waals surface area contributed by atoms with E-state index < -0.39 is 0 Å². The van der Waals surface area contributed by atoms with Gasteiger partial charge in [0.2, 0.25) is 0 Å². The maximum Gasteiger partial charge on any atom is 0.0991 e. The standard InChI is InChI=1S/C23H18N4/c24-15-19-4-10-23(21(14-19)5-3-18-2-1-11-25-16-18)20-6-8-22(9-7-20)27-13-12-26-17-27/h1-2,4,6-14,16-17H,3,5H2. The van der Waals surface area contributed by atoms with Crippen LogP contribution < -0.4 is 0 Å². The summed E-state index contributed by atoms with van der Waals surface area (Å²) in [5.74, 6) is 0. The Morgan fingerprint density at radius 1 is 0.926 bits per heavy atom. The lowest BCUT2D eigenvalue weighted by molar-refractivity contribution is 0.951. The van der Waals surface area contributed by atoms with Gasteiger partial charge in [-0.3, -0.25) is 4.98 Å². The summed E-state index contributed by atoms with van der Waals surface area (Å²) >= 11 is 0. The van der Waals surface area contributed by atoms with Crippen molar-refractivity contribution in [2.75, 3.05) is 0 Å². The summed E-state index contributed by atoms with van der Waals surface area (Å²) < 4.78 is 1.98. The minimum Gasteiger partial charge on any atom is -0.306 e. The molecule has 0 aliphatic heterocycles. The molecule has 4 rings (SSSR count). The van der Waals surface area contributed by atoms with Crippen molar-refractivity contribution in [1.82, 2.24) is 14.5 Å². The summed E-state index contributed by atoms with van der Waals surface area (Å²) in [5.41, 5.74) is 6.44. The molecule has 0 bridgehead atoms. The second kappa shape index (κ2) is 7.67. The van der Waals surface area contributed by atoms with E-state index in [4.69, 9.17) is 0 Å². The van der Waals surface area contributed by atoms with Gasteiger partial charge in [-0.1, -0.05) is 24.3 Å². The molecular formula is C23H18N4. The molecule has 2 aromatic carbocycles. The van der Waals surface area contributed by atoms with E-state index in [-0.39, 0.29) is 0 Å². The Bertz CT molecular complexity index is 1060. The van der Waals surface area contributed by atoms with Crippen molar-refractivity contribution < 1.29 is 0 Å². The van der Waals surface area contributed by atoms with E-state index in [0.717, 1.165) is 29.7 Å². The fraction of sp³-hybridized carbons (Fsp3) is 0.0870. The molecule has 0 saturated heterocycles. The third-order valence-corrected chi connectivity index (χ3v) is 4.62. The number of nitriles is 1. The molecule has 0 radical (unpaired) electrons. The minimum atomic E-state index is 0.690. The second-order valence-corrected chi connectivity index (χ2v) is 6.36. The highest BCUT2D eigenvalue weighted by Crippen LogP contribution is 2.27. The van der Waals surface area contributed by atoms with Crippen molar-refractivity contribution in [1.29, 1.82) is 5.26 Å². The summed E-state index contributed by atoms with van der Waals surface area (Å²) in [6, 6.07) is 20.6. The third kappa shape index (κ3) is 3.78. The van der Waals surface area contributed by atoms with Crippen LogP contribution >= 0.6 is 0 Å². The van der Waals surface area contributed by atoms with E-state index >= 15 is 0 Å². The van der Waals surface area contributed by atoms with Crippen LogP contribution in [-0.2, 0) is 12.8 Å².